The summed E-state index contributed by atoms with van der Waals surface area (Å²) in [6.45, 7) is 9.43. The number of carboxylic acids is 1. The lowest BCUT2D eigenvalue weighted by Crippen LogP contribution is -2.43. The van der Waals surface area contributed by atoms with Gasteiger partial charge in [-0.05, 0) is 26.7 Å². The van der Waals surface area contributed by atoms with E-state index in [1.165, 1.54) is 0 Å². The number of carbonyl (C=O) groups is 1. The van der Waals surface area contributed by atoms with E-state index in [1.807, 2.05) is 19.9 Å². The predicted molar refractivity (Wildman–Crippen MR) is 78.0 cm³/mol. The monoisotopic (exact) mass is 277 g/mol. The number of nitrogens with zero attached hydrogens (tertiary/aromatic N) is 3. The van der Waals surface area contributed by atoms with Crippen LogP contribution < -0.4 is 4.90 Å². The van der Waals surface area contributed by atoms with Crippen molar-refractivity contribution >= 4 is 11.8 Å². The molecule has 0 spiro atoms. The Morgan fingerprint density at radius 3 is 2.45 bits per heavy atom. The summed E-state index contributed by atoms with van der Waals surface area (Å²) in [5.41, 5.74) is 0.365. The number of aryl methyl sites for hydroxylation is 1. The van der Waals surface area contributed by atoms with Gasteiger partial charge in [-0.15, -0.1) is 0 Å². The smallest absolute Gasteiger partial charge is 0.309 e. The van der Waals surface area contributed by atoms with Gasteiger partial charge in [0.25, 0.3) is 0 Å². The van der Waals surface area contributed by atoms with Gasteiger partial charge in [0.2, 0.25) is 0 Å². The maximum absolute atomic E-state index is 11.3. The van der Waals surface area contributed by atoms with Crippen LogP contribution >= 0.6 is 0 Å². The number of hydrogen-bond acceptors (Lipinski definition) is 4. The fraction of sp³-hybridized carbons (Fsp3) is 0.667. The van der Waals surface area contributed by atoms with E-state index in [9.17, 15) is 9.90 Å². The second-order valence-corrected chi connectivity index (χ2v) is 6.23. The van der Waals surface area contributed by atoms with Crippen molar-refractivity contribution in [3.63, 3.8) is 0 Å². The molecule has 0 saturated carbocycles. The number of carboxylic acid groups (broad SMARTS) is 1. The van der Waals surface area contributed by atoms with Crippen molar-refractivity contribution in [1.82, 2.24) is 9.97 Å². The average molecular weight is 277 g/mol. The Hall–Kier alpha value is -1.65. The Balaban J connectivity index is 2.17. The first-order valence-electron chi connectivity index (χ1n) is 7.16. The second kappa shape index (κ2) is 5.38. The largest absolute Gasteiger partial charge is 0.481 e. The molecule has 1 aromatic heterocycles. The quantitative estimate of drug-likeness (QED) is 0.920. The molecule has 0 bridgehead atoms. The van der Waals surface area contributed by atoms with E-state index in [4.69, 9.17) is 0 Å². The van der Waals surface area contributed by atoms with Crippen molar-refractivity contribution in [2.45, 2.75) is 46.5 Å². The Bertz CT molecular complexity index is 506. The van der Waals surface area contributed by atoms with Gasteiger partial charge in [-0.3, -0.25) is 4.79 Å². The molecule has 0 aliphatic carbocycles. The highest BCUT2D eigenvalue weighted by Gasteiger charge is 2.37. The summed E-state index contributed by atoms with van der Waals surface area (Å²) in [6.07, 6.45) is 1.31. The minimum atomic E-state index is -0.695. The number of piperidine rings is 1. The van der Waals surface area contributed by atoms with E-state index in [0.29, 0.717) is 18.8 Å². The molecule has 5 nitrogen and oxygen atoms in total. The summed E-state index contributed by atoms with van der Waals surface area (Å²) < 4.78 is 0. The number of aliphatic carboxylic acids is 1. The van der Waals surface area contributed by atoms with Gasteiger partial charge in [-0.1, -0.05) is 13.8 Å². The zero-order chi connectivity index (χ0) is 14.9. The highest BCUT2D eigenvalue weighted by molar-refractivity contribution is 5.74. The molecule has 20 heavy (non-hydrogen) atoms. The molecule has 5 heteroatoms. The third-order valence-electron chi connectivity index (χ3n) is 4.08. The van der Waals surface area contributed by atoms with E-state index >= 15 is 0 Å². The Kier molecular flexibility index (Phi) is 3.97. The molecule has 1 aliphatic heterocycles. The lowest BCUT2D eigenvalue weighted by Gasteiger charge is -2.37. The minimum absolute atomic E-state index is 0.294. The molecular weight excluding hydrogens is 254 g/mol. The fourth-order valence-corrected chi connectivity index (χ4v) is 2.44. The zero-order valence-electron chi connectivity index (χ0n) is 12.7. The Labute approximate surface area is 120 Å². The van der Waals surface area contributed by atoms with E-state index < -0.39 is 11.4 Å². The summed E-state index contributed by atoms with van der Waals surface area (Å²) in [4.78, 5) is 22.5. The molecule has 1 aliphatic rings. The summed E-state index contributed by atoms with van der Waals surface area (Å²) in [5, 5.41) is 9.27. The maximum Gasteiger partial charge on any atom is 0.309 e. The first-order chi connectivity index (χ1) is 9.32. The number of hydrogen-bond donors (Lipinski definition) is 1. The lowest BCUT2D eigenvalue weighted by molar-refractivity contribution is -0.149. The third-order valence-corrected chi connectivity index (χ3v) is 4.08. The molecule has 1 saturated heterocycles. The van der Waals surface area contributed by atoms with Crippen molar-refractivity contribution in [1.29, 1.82) is 0 Å². The van der Waals surface area contributed by atoms with Crippen molar-refractivity contribution in [2.24, 2.45) is 5.41 Å². The topological polar surface area (TPSA) is 66.3 Å². The van der Waals surface area contributed by atoms with Gasteiger partial charge in [0.05, 0.1) is 5.41 Å². The van der Waals surface area contributed by atoms with E-state index in [-0.39, 0.29) is 0 Å². The summed E-state index contributed by atoms with van der Waals surface area (Å²) >= 11 is 0. The van der Waals surface area contributed by atoms with Crippen LogP contribution in [0.4, 0.5) is 5.82 Å². The molecule has 0 aromatic carbocycles. The van der Waals surface area contributed by atoms with Gasteiger partial charge >= 0.3 is 5.97 Å². The molecule has 0 amide bonds. The normalized spacial score (nSPS) is 18.4. The van der Waals surface area contributed by atoms with Crippen LogP contribution in [0.5, 0.6) is 0 Å². The van der Waals surface area contributed by atoms with Crippen LogP contribution in [0.1, 0.15) is 51.0 Å². The average Bonchev–Trinajstić information content (AvgIpc) is 2.38. The molecule has 1 N–H and O–H groups in total. The first kappa shape index (κ1) is 14.8. The maximum atomic E-state index is 11.3. The summed E-state index contributed by atoms with van der Waals surface area (Å²) in [5.74, 6) is 1.38. The highest BCUT2D eigenvalue weighted by atomic mass is 16.4. The van der Waals surface area contributed by atoms with Crippen molar-refractivity contribution in [2.75, 3.05) is 18.0 Å². The van der Waals surface area contributed by atoms with Crippen molar-refractivity contribution in [3.8, 4) is 0 Å². The molecule has 0 atom stereocenters. The van der Waals surface area contributed by atoms with E-state index in [2.05, 4.69) is 28.7 Å². The molecular formula is C15H23N3O2. The molecule has 1 fully saturated rings. The molecule has 1 aromatic rings. The molecule has 2 rings (SSSR count). The number of aromatic nitrogens is 2. The molecule has 0 unspecified atom stereocenters. The number of anilines is 1. The fourth-order valence-electron chi connectivity index (χ4n) is 2.44. The van der Waals surface area contributed by atoms with Crippen LogP contribution in [-0.4, -0.2) is 34.1 Å². The van der Waals surface area contributed by atoms with Crippen molar-refractivity contribution < 1.29 is 9.90 Å². The molecule has 0 radical (unpaired) electrons. The van der Waals surface area contributed by atoms with E-state index in [1.54, 1.807) is 0 Å². The van der Waals surface area contributed by atoms with Crippen LogP contribution in [0.3, 0.4) is 0 Å². The Morgan fingerprint density at radius 2 is 1.95 bits per heavy atom. The second-order valence-electron chi connectivity index (χ2n) is 6.23. The Morgan fingerprint density at radius 1 is 1.35 bits per heavy atom. The standard InChI is InChI=1S/C15H23N3O2/c1-10(2)13-16-11(3)9-12(17-13)18-7-5-15(4,6-8-18)14(19)20/h9-10H,5-8H2,1-4H3,(H,19,20). The first-order valence-corrected chi connectivity index (χ1v) is 7.16. The van der Waals surface area contributed by atoms with Gasteiger partial charge in [0.1, 0.15) is 11.6 Å². The van der Waals surface area contributed by atoms with Gasteiger partial charge in [0, 0.05) is 30.8 Å². The van der Waals surface area contributed by atoms with Gasteiger partial charge < -0.3 is 10.0 Å². The van der Waals surface area contributed by atoms with Crippen LogP contribution in [0, 0.1) is 12.3 Å². The molecule has 2 heterocycles. The number of rotatable bonds is 3. The van der Waals surface area contributed by atoms with Crippen molar-refractivity contribution in [3.05, 3.63) is 17.6 Å². The van der Waals surface area contributed by atoms with Gasteiger partial charge in [0.15, 0.2) is 0 Å². The van der Waals surface area contributed by atoms with Crippen LogP contribution in [-0.2, 0) is 4.79 Å². The predicted octanol–water partition coefficient (Wildman–Crippen LogP) is 2.60. The van der Waals surface area contributed by atoms with Gasteiger partial charge in [-0.25, -0.2) is 9.97 Å². The highest BCUT2D eigenvalue weighted by Crippen LogP contribution is 2.33. The minimum Gasteiger partial charge on any atom is -0.481 e. The third kappa shape index (κ3) is 2.92. The lowest BCUT2D eigenvalue weighted by atomic mass is 9.80. The van der Waals surface area contributed by atoms with Gasteiger partial charge in [-0.2, -0.15) is 0 Å². The van der Waals surface area contributed by atoms with E-state index in [0.717, 1.165) is 30.4 Å². The SMILES string of the molecule is Cc1cc(N2CCC(C)(C(=O)O)CC2)nc(C(C)C)n1. The summed E-state index contributed by atoms with van der Waals surface area (Å²) in [6, 6.07) is 1.98. The summed E-state index contributed by atoms with van der Waals surface area (Å²) in [7, 11) is 0. The van der Waals surface area contributed by atoms with Crippen LogP contribution in [0.25, 0.3) is 0 Å². The van der Waals surface area contributed by atoms with Crippen LogP contribution in [0.15, 0.2) is 6.07 Å². The molecule has 110 valence electrons. The van der Waals surface area contributed by atoms with Crippen LogP contribution in [0.2, 0.25) is 0 Å². The zero-order valence-corrected chi connectivity index (χ0v) is 12.7.